The Labute approximate surface area is 213 Å². The molecule has 152 valence electrons. The van der Waals surface area contributed by atoms with E-state index in [9.17, 15) is 19.8 Å². The molecule has 7 N–H and O–H groups in total. The Balaban J connectivity index is -0.000000107. The summed E-state index contributed by atoms with van der Waals surface area (Å²) in [6.45, 7) is 4.88. The molecule has 10 nitrogen and oxygen atoms in total. The van der Waals surface area contributed by atoms with Gasteiger partial charge in [-0.05, 0) is 11.4 Å². The molecule has 0 aliphatic heterocycles. The largest absolute Gasteiger partial charge is 0.870 e. The summed E-state index contributed by atoms with van der Waals surface area (Å²) >= 11 is 0. The van der Waals surface area contributed by atoms with Crippen LogP contribution in [0.15, 0.2) is 6.07 Å². The molecule has 2 aromatic rings. The van der Waals surface area contributed by atoms with Crippen molar-refractivity contribution >= 4 is 23.3 Å². The van der Waals surface area contributed by atoms with Gasteiger partial charge in [-0.25, -0.2) is 0 Å². The first-order chi connectivity index (χ1) is 10.7. The minimum absolute atomic E-state index is 0. The number of hydrogen-bond acceptors (Lipinski definition) is 9. The quantitative estimate of drug-likeness (QED) is 0.401. The standard InChI is InChI=1S/C8H9N2O2.C7H7N2O2.CH3.2H2O.2Y/c1-4-3-10-7(8(11)12)5(2)6(4)9;1-4-5(8)2-3-9-6(4)7(10)11;;;;;/h1-2H3,(H2,9,10)(H,11,12);2H,1H3,(H2,8,9)(H,10,11);1H3;2*1H2;;/q3*-1;;;;/p-3. The Morgan fingerprint density at radius 1 is 0.964 bits per heavy atom. The number of rotatable bonds is 2. The fraction of sp³-hybridized carbons (Fsp3) is 0.188. The van der Waals surface area contributed by atoms with Crippen molar-refractivity contribution in [1.82, 2.24) is 9.97 Å². The van der Waals surface area contributed by atoms with Gasteiger partial charge in [0.15, 0.2) is 0 Å². The van der Waals surface area contributed by atoms with Gasteiger partial charge in [0.05, 0.1) is 0 Å². The number of carboxylic acid groups (broad SMARTS) is 2. The summed E-state index contributed by atoms with van der Waals surface area (Å²) in [7, 11) is 0. The predicted octanol–water partition coefficient (Wildman–Crippen LogP) is -1.98. The van der Waals surface area contributed by atoms with Crippen LogP contribution in [-0.4, -0.2) is 32.9 Å². The second-order valence-electron chi connectivity index (χ2n) is 4.62. The third kappa shape index (κ3) is 9.95. The average Bonchev–Trinajstić information content (AvgIpc) is 2.47. The summed E-state index contributed by atoms with van der Waals surface area (Å²) in [5.74, 6) is -2.65. The van der Waals surface area contributed by atoms with Crippen LogP contribution in [0.25, 0.3) is 0 Å². The summed E-state index contributed by atoms with van der Waals surface area (Å²) in [6.07, 6.45) is 4.85. The molecule has 0 spiro atoms. The Kier molecular flexibility index (Phi) is 22.7. The topological polar surface area (TPSA) is 220 Å². The summed E-state index contributed by atoms with van der Waals surface area (Å²) in [4.78, 5) is 27.8. The third-order valence-electron chi connectivity index (χ3n) is 3.07. The van der Waals surface area contributed by atoms with Crippen LogP contribution in [0.5, 0.6) is 0 Å². The van der Waals surface area contributed by atoms with Crippen molar-refractivity contribution in [2.75, 3.05) is 11.5 Å². The van der Waals surface area contributed by atoms with Gasteiger partial charge in [-0.2, -0.15) is 0 Å². The van der Waals surface area contributed by atoms with Gasteiger partial charge in [-0.1, -0.05) is 44.5 Å². The van der Waals surface area contributed by atoms with E-state index in [2.05, 4.69) is 22.4 Å². The van der Waals surface area contributed by atoms with Gasteiger partial charge in [0.2, 0.25) is 0 Å². The number of aryl methyl sites for hydroxylation is 1. The molecule has 2 aromatic heterocycles. The van der Waals surface area contributed by atoms with Crippen molar-refractivity contribution in [3.8, 4) is 0 Å². The van der Waals surface area contributed by atoms with E-state index in [1.807, 2.05) is 0 Å². The third-order valence-corrected chi connectivity index (χ3v) is 3.07. The number of pyridine rings is 2. The van der Waals surface area contributed by atoms with Crippen molar-refractivity contribution in [3.05, 3.63) is 54.0 Å². The molecule has 2 radical (unpaired) electrons. The van der Waals surface area contributed by atoms with Gasteiger partial charge >= 0.3 is 0 Å². The molecule has 0 bridgehead atoms. The fourth-order valence-corrected chi connectivity index (χ4v) is 1.59. The van der Waals surface area contributed by atoms with Crippen LogP contribution < -0.4 is 21.7 Å². The molecule has 28 heavy (non-hydrogen) atoms. The molecule has 2 heterocycles. The number of hydrogen-bond donors (Lipinski definition) is 2. The molecule has 0 saturated heterocycles. The summed E-state index contributed by atoms with van der Waals surface area (Å²) < 4.78 is 0. The molecule has 0 atom stereocenters. The number of carbonyl (C=O) groups excluding carboxylic acids is 2. The molecule has 2 rings (SSSR count). The number of anilines is 2. The van der Waals surface area contributed by atoms with Gasteiger partial charge in [0, 0.05) is 77.4 Å². The zero-order valence-corrected chi connectivity index (χ0v) is 21.5. The molecular formula is C16H20N4O6Y2-6. The van der Waals surface area contributed by atoms with Crippen LogP contribution in [-0.2, 0) is 65.4 Å². The van der Waals surface area contributed by atoms with E-state index >= 15 is 0 Å². The average molecular weight is 542 g/mol. The number of aromatic nitrogens is 2. The maximum atomic E-state index is 10.4. The maximum absolute atomic E-state index is 10.4. The van der Waals surface area contributed by atoms with Crippen LogP contribution in [0.3, 0.4) is 0 Å². The molecule has 0 aliphatic rings. The molecular weight excluding hydrogens is 522 g/mol. The number of aromatic carboxylic acids is 2. The minimum atomic E-state index is -1.33. The number of nitrogens with two attached hydrogens (primary N) is 2. The number of carbonyl (C=O) groups is 2. The summed E-state index contributed by atoms with van der Waals surface area (Å²) in [5, 5.41) is 20.8. The van der Waals surface area contributed by atoms with Crippen LogP contribution in [0.2, 0.25) is 0 Å². The van der Waals surface area contributed by atoms with Crippen molar-refractivity contribution < 1.29 is 96.2 Å². The molecule has 0 aliphatic carbocycles. The predicted molar refractivity (Wildman–Crippen MR) is 89.8 cm³/mol. The first kappa shape index (κ1) is 37.7. The fourth-order valence-electron chi connectivity index (χ4n) is 1.59. The van der Waals surface area contributed by atoms with E-state index in [0.717, 1.165) is 0 Å². The zero-order valence-electron chi connectivity index (χ0n) is 15.9. The number of carboxylic acids is 2. The molecule has 0 unspecified atom stereocenters. The Morgan fingerprint density at radius 2 is 1.39 bits per heavy atom. The van der Waals surface area contributed by atoms with E-state index in [4.69, 9.17) is 11.5 Å². The van der Waals surface area contributed by atoms with Crippen molar-refractivity contribution in [3.63, 3.8) is 0 Å². The zero-order chi connectivity index (χ0) is 17.7. The number of nitrogen functional groups attached to an aromatic ring is 2. The van der Waals surface area contributed by atoms with E-state index in [1.54, 1.807) is 20.8 Å². The van der Waals surface area contributed by atoms with Crippen LogP contribution in [0.1, 0.15) is 37.7 Å². The van der Waals surface area contributed by atoms with E-state index in [-0.39, 0.29) is 95.2 Å². The van der Waals surface area contributed by atoms with Gasteiger partial charge in [-0.3, -0.25) is 0 Å². The normalized spacial score (nSPS) is 7.96. The Bertz CT molecular complexity index is 775. The second-order valence-corrected chi connectivity index (χ2v) is 4.62. The van der Waals surface area contributed by atoms with E-state index in [1.165, 1.54) is 6.07 Å². The van der Waals surface area contributed by atoms with Crippen LogP contribution in [0.4, 0.5) is 11.4 Å². The summed E-state index contributed by atoms with van der Waals surface area (Å²) in [6, 6.07) is 1.42. The molecule has 0 fully saturated rings. The van der Waals surface area contributed by atoms with Crippen LogP contribution >= 0.6 is 0 Å². The Morgan fingerprint density at radius 3 is 1.79 bits per heavy atom. The second kappa shape index (κ2) is 16.9. The molecule has 0 saturated carbocycles. The molecule has 0 aromatic carbocycles. The monoisotopic (exact) mass is 542 g/mol. The van der Waals surface area contributed by atoms with Gasteiger partial charge in [-0.15, -0.1) is 22.8 Å². The minimum Gasteiger partial charge on any atom is -0.870 e. The number of nitrogens with zero attached hydrogens (tertiary/aromatic N) is 2. The first-order valence-corrected chi connectivity index (χ1v) is 6.37. The van der Waals surface area contributed by atoms with Crippen molar-refractivity contribution in [2.45, 2.75) is 20.8 Å². The summed E-state index contributed by atoms with van der Waals surface area (Å²) in [5.41, 5.74) is 12.9. The van der Waals surface area contributed by atoms with E-state index in [0.29, 0.717) is 28.1 Å². The van der Waals surface area contributed by atoms with Crippen LogP contribution in [0, 0.1) is 40.6 Å². The van der Waals surface area contributed by atoms with Crippen molar-refractivity contribution in [1.29, 1.82) is 0 Å². The maximum Gasteiger partial charge on any atom is 0.0333 e. The smallest absolute Gasteiger partial charge is 0.0333 e. The van der Waals surface area contributed by atoms with Crippen molar-refractivity contribution in [2.24, 2.45) is 0 Å². The van der Waals surface area contributed by atoms with Gasteiger partial charge in [0.1, 0.15) is 0 Å². The SMILES string of the molecule is Cc1[c-]nc(C(=O)[O-])c(C)c1N.Cc1c(N)c[c-]nc1C(=O)[O-].O.[CH3-].[OH-].[Y].[Y]. The van der Waals surface area contributed by atoms with Gasteiger partial charge in [0.25, 0.3) is 0 Å². The van der Waals surface area contributed by atoms with E-state index < -0.39 is 11.9 Å². The van der Waals surface area contributed by atoms with Gasteiger partial charge < -0.3 is 59.6 Å². The Hall–Kier alpha value is -1.03. The molecule has 0 amide bonds. The molecule has 12 heteroatoms. The first-order valence-electron chi connectivity index (χ1n) is 6.37.